The van der Waals surface area contributed by atoms with Crippen molar-refractivity contribution in [2.24, 2.45) is 0 Å². The minimum absolute atomic E-state index is 0.0414. The summed E-state index contributed by atoms with van der Waals surface area (Å²) in [6, 6.07) is 8.83. The third-order valence-electron chi connectivity index (χ3n) is 3.16. The molecule has 5 nitrogen and oxygen atoms in total. The van der Waals surface area contributed by atoms with E-state index in [4.69, 9.17) is 0 Å². The Kier molecular flexibility index (Phi) is 2.95. The number of aromatic nitrogens is 1. The number of nitrogens with zero attached hydrogens (tertiary/aromatic N) is 1. The first kappa shape index (κ1) is 12.3. The second-order valence-corrected chi connectivity index (χ2v) is 4.74. The Bertz CT molecular complexity index is 693. The van der Waals surface area contributed by atoms with Crippen LogP contribution in [-0.2, 0) is 11.2 Å². The summed E-state index contributed by atoms with van der Waals surface area (Å²) in [7, 11) is 0. The van der Waals surface area contributed by atoms with Crippen LogP contribution in [0, 0.1) is 6.92 Å². The molecule has 3 rings (SSSR count). The largest absolute Gasteiger partial charge is 0.326 e. The van der Waals surface area contributed by atoms with E-state index >= 15 is 0 Å². The van der Waals surface area contributed by atoms with Crippen LogP contribution in [0.3, 0.4) is 0 Å². The summed E-state index contributed by atoms with van der Waals surface area (Å²) in [5, 5.41) is 5.52. The molecule has 2 aromatic rings. The number of nitrogens with one attached hydrogen (secondary N) is 2. The molecule has 0 bridgehead atoms. The summed E-state index contributed by atoms with van der Waals surface area (Å²) >= 11 is 0. The van der Waals surface area contributed by atoms with Gasteiger partial charge in [0.25, 0.3) is 5.91 Å². The van der Waals surface area contributed by atoms with Gasteiger partial charge >= 0.3 is 0 Å². The molecule has 100 valence electrons. The zero-order valence-corrected chi connectivity index (χ0v) is 10.9. The van der Waals surface area contributed by atoms with Crippen molar-refractivity contribution in [3.63, 3.8) is 0 Å². The monoisotopic (exact) mass is 267 g/mol. The van der Waals surface area contributed by atoms with Gasteiger partial charge in [0.2, 0.25) is 5.91 Å². The number of carbonyl (C=O) groups is 2. The highest BCUT2D eigenvalue weighted by Gasteiger charge is 2.19. The van der Waals surface area contributed by atoms with Gasteiger partial charge in [-0.2, -0.15) is 0 Å². The number of aryl methyl sites for hydroxylation is 1. The molecule has 5 heteroatoms. The van der Waals surface area contributed by atoms with Crippen molar-refractivity contribution in [2.75, 3.05) is 10.6 Å². The molecule has 0 radical (unpaired) electrons. The summed E-state index contributed by atoms with van der Waals surface area (Å²) in [5.74, 6) is -0.252. The summed E-state index contributed by atoms with van der Waals surface area (Å²) in [6.45, 7) is 1.89. The van der Waals surface area contributed by atoms with E-state index in [1.165, 1.54) is 0 Å². The average molecular weight is 267 g/mol. The maximum atomic E-state index is 12.1. The van der Waals surface area contributed by atoms with Gasteiger partial charge in [-0.3, -0.25) is 14.6 Å². The summed E-state index contributed by atoms with van der Waals surface area (Å²) < 4.78 is 0. The Morgan fingerprint density at radius 3 is 2.90 bits per heavy atom. The number of hydrogen-bond donors (Lipinski definition) is 2. The van der Waals surface area contributed by atoms with Gasteiger partial charge in [-0.1, -0.05) is 0 Å². The first-order valence-corrected chi connectivity index (χ1v) is 6.28. The van der Waals surface area contributed by atoms with Gasteiger partial charge in [-0.15, -0.1) is 0 Å². The standard InChI is InChI=1S/C15H13N3O2/c1-9-2-4-12(8-16-9)17-15(20)10-3-5-13-11(6-10)7-14(19)18-13/h2-6,8H,7H2,1H3,(H,17,20)(H,18,19). The minimum atomic E-state index is -0.210. The number of hydrogen-bond acceptors (Lipinski definition) is 3. The molecule has 2 amide bonds. The lowest BCUT2D eigenvalue weighted by Gasteiger charge is -2.06. The van der Waals surface area contributed by atoms with Crippen LogP contribution in [0.4, 0.5) is 11.4 Å². The number of rotatable bonds is 2. The number of carbonyl (C=O) groups excluding carboxylic acids is 2. The molecule has 0 aliphatic carbocycles. The summed E-state index contributed by atoms with van der Waals surface area (Å²) in [5.41, 5.74) is 3.70. The van der Waals surface area contributed by atoms with E-state index in [1.807, 2.05) is 13.0 Å². The Balaban J connectivity index is 1.79. The number of amides is 2. The fourth-order valence-electron chi connectivity index (χ4n) is 2.12. The van der Waals surface area contributed by atoms with Gasteiger partial charge in [0.1, 0.15) is 0 Å². The van der Waals surface area contributed by atoms with E-state index < -0.39 is 0 Å². The number of benzene rings is 1. The highest BCUT2D eigenvalue weighted by molar-refractivity contribution is 6.06. The van der Waals surface area contributed by atoms with Crippen LogP contribution >= 0.6 is 0 Å². The molecule has 1 aliphatic heterocycles. The van der Waals surface area contributed by atoms with E-state index in [-0.39, 0.29) is 11.8 Å². The minimum Gasteiger partial charge on any atom is -0.326 e. The molecule has 1 aliphatic rings. The number of anilines is 2. The fraction of sp³-hybridized carbons (Fsp3) is 0.133. The van der Waals surface area contributed by atoms with Crippen molar-refractivity contribution >= 4 is 23.2 Å². The van der Waals surface area contributed by atoms with Crippen LogP contribution in [0.25, 0.3) is 0 Å². The third kappa shape index (κ3) is 2.38. The molecule has 1 aromatic heterocycles. The summed E-state index contributed by atoms with van der Waals surface area (Å²) in [4.78, 5) is 27.5. The van der Waals surface area contributed by atoms with E-state index in [2.05, 4.69) is 15.6 Å². The second kappa shape index (κ2) is 4.77. The van der Waals surface area contributed by atoms with Crippen molar-refractivity contribution in [1.82, 2.24) is 4.98 Å². The maximum Gasteiger partial charge on any atom is 0.255 e. The average Bonchev–Trinajstić information content (AvgIpc) is 2.80. The lowest BCUT2D eigenvalue weighted by atomic mass is 10.1. The predicted molar refractivity (Wildman–Crippen MR) is 75.7 cm³/mol. The zero-order chi connectivity index (χ0) is 14.1. The van der Waals surface area contributed by atoms with Crippen molar-refractivity contribution in [1.29, 1.82) is 0 Å². The van der Waals surface area contributed by atoms with Crippen LogP contribution < -0.4 is 10.6 Å². The SMILES string of the molecule is Cc1ccc(NC(=O)c2ccc3c(c2)CC(=O)N3)cn1. The summed E-state index contributed by atoms with van der Waals surface area (Å²) in [6.07, 6.45) is 1.94. The smallest absolute Gasteiger partial charge is 0.255 e. The van der Waals surface area contributed by atoms with Gasteiger partial charge in [0.15, 0.2) is 0 Å². The molecular weight excluding hydrogens is 254 g/mol. The molecule has 0 spiro atoms. The molecule has 2 heterocycles. The topological polar surface area (TPSA) is 71.1 Å². The van der Waals surface area contributed by atoms with Crippen molar-refractivity contribution in [3.05, 3.63) is 53.3 Å². The first-order valence-electron chi connectivity index (χ1n) is 6.28. The second-order valence-electron chi connectivity index (χ2n) is 4.74. The molecule has 0 atom stereocenters. The molecular formula is C15H13N3O2. The van der Waals surface area contributed by atoms with Gasteiger partial charge < -0.3 is 10.6 Å². The highest BCUT2D eigenvalue weighted by Crippen LogP contribution is 2.24. The third-order valence-corrected chi connectivity index (χ3v) is 3.16. The first-order chi connectivity index (χ1) is 9.61. The molecule has 0 fully saturated rings. The Morgan fingerprint density at radius 1 is 1.30 bits per heavy atom. The highest BCUT2D eigenvalue weighted by atomic mass is 16.2. The molecule has 0 saturated heterocycles. The van der Waals surface area contributed by atoms with Crippen LogP contribution in [0.15, 0.2) is 36.5 Å². The Morgan fingerprint density at radius 2 is 2.15 bits per heavy atom. The molecule has 1 aromatic carbocycles. The molecule has 20 heavy (non-hydrogen) atoms. The van der Waals surface area contributed by atoms with Crippen LogP contribution in [0.2, 0.25) is 0 Å². The number of pyridine rings is 1. The van der Waals surface area contributed by atoms with Crippen LogP contribution in [0.5, 0.6) is 0 Å². The fourth-order valence-corrected chi connectivity index (χ4v) is 2.12. The van der Waals surface area contributed by atoms with Crippen LogP contribution in [-0.4, -0.2) is 16.8 Å². The van der Waals surface area contributed by atoms with Crippen molar-refractivity contribution in [3.8, 4) is 0 Å². The van der Waals surface area contributed by atoms with Crippen molar-refractivity contribution < 1.29 is 9.59 Å². The molecule has 0 unspecified atom stereocenters. The normalized spacial score (nSPS) is 12.8. The Hall–Kier alpha value is -2.69. The van der Waals surface area contributed by atoms with Crippen LogP contribution in [0.1, 0.15) is 21.6 Å². The van der Waals surface area contributed by atoms with Gasteiger partial charge in [-0.05, 0) is 42.8 Å². The van der Waals surface area contributed by atoms with E-state index in [0.717, 1.165) is 16.9 Å². The van der Waals surface area contributed by atoms with Crippen molar-refractivity contribution in [2.45, 2.75) is 13.3 Å². The van der Waals surface area contributed by atoms with Gasteiger partial charge in [-0.25, -0.2) is 0 Å². The molecule has 0 saturated carbocycles. The Labute approximate surface area is 116 Å². The predicted octanol–water partition coefficient (Wildman–Crippen LogP) is 2.14. The lowest BCUT2D eigenvalue weighted by Crippen LogP contribution is -2.12. The maximum absolute atomic E-state index is 12.1. The van der Waals surface area contributed by atoms with E-state index in [1.54, 1.807) is 30.5 Å². The zero-order valence-electron chi connectivity index (χ0n) is 10.9. The number of fused-ring (bicyclic) bond motifs is 1. The van der Waals surface area contributed by atoms with Gasteiger partial charge in [0.05, 0.1) is 18.3 Å². The molecule has 2 N–H and O–H groups in total. The van der Waals surface area contributed by atoms with E-state index in [9.17, 15) is 9.59 Å². The van der Waals surface area contributed by atoms with E-state index in [0.29, 0.717) is 17.7 Å². The quantitative estimate of drug-likeness (QED) is 0.875. The van der Waals surface area contributed by atoms with Gasteiger partial charge in [0, 0.05) is 16.9 Å². The lowest BCUT2D eigenvalue weighted by molar-refractivity contribution is -0.115.